The Kier molecular flexibility index (Phi) is 6.48. The van der Waals surface area contributed by atoms with Crippen molar-refractivity contribution in [2.75, 3.05) is 23.7 Å². The Bertz CT molecular complexity index is 1160. The van der Waals surface area contributed by atoms with Gasteiger partial charge in [0.1, 0.15) is 11.5 Å². The molecule has 2 heterocycles. The zero-order chi connectivity index (χ0) is 25.4. The number of ether oxygens (including phenoxy) is 1. The lowest BCUT2D eigenvalue weighted by Crippen LogP contribution is -2.36. The number of halogens is 3. The molecule has 0 bridgehead atoms. The summed E-state index contributed by atoms with van der Waals surface area (Å²) in [7, 11) is 0. The van der Waals surface area contributed by atoms with Crippen molar-refractivity contribution >= 4 is 35.3 Å². The molecule has 2 aliphatic heterocycles. The number of likely N-dealkylation sites (tertiary alicyclic amines) is 1. The molecule has 2 aliphatic rings. The van der Waals surface area contributed by atoms with Crippen molar-refractivity contribution in [3.05, 3.63) is 53.6 Å². The van der Waals surface area contributed by atoms with E-state index >= 15 is 0 Å². The lowest BCUT2D eigenvalue weighted by Gasteiger charge is -2.25. The zero-order valence-electron chi connectivity index (χ0n) is 19.6. The van der Waals surface area contributed by atoms with Crippen molar-refractivity contribution in [3.63, 3.8) is 0 Å². The lowest BCUT2D eigenvalue weighted by atomic mass is 10.0. The first kappa shape index (κ1) is 24.6. The van der Waals surface area contributed by atoms with Crippen LogP contribution >= 0.6 is 0 Å². The van der Waals surface area contributed by atoms with Crippen LogP contribution in [0.15, 0.2) is 47.5 Å². The number of hydrogen-bond donors (Lipinski definition) is 2. The number of carbonyl (C=O) groups excluding carboxylic acids is 2. The van der Waals surface area contributed by atoms with Gasteiger partial charge in [-0.15, -0.1) is 0 Å². The summed E-state index contributed by atoms with van der Waals surface area (Å²) in [6.07, 6.45) is -3.25. The topological polar surface area (TPSA) is 83.0 Å². The molecule has 0 saturated carbocycles. The van der Waals surface area contributed by atoms with E-state index in [-0.39, 0.29) is 29.9 Å². The third-order valence-corrected chi connectivity index (χ3v) is 5.72. The number of aliphatic imine (C=N–C) groups is 1. The van der Waals surface area contributed by atoms with Gasteiger partial charge in [0.25, 0.3) is 0 Å². The molecule has 0 aromatic heterocycles. The molecule has 10 heteroatoms. The molecule has 2 aromatic rings. The van der Waals surface area contributed by atoms with Crippen LogP contribution in [0.2, 0.25) is 0 Å². The monoisotopic (exact) mass is 488 g/mol. The Morgan fingerprint density at radius 3 is 2.66 bits per heavy atom. The maximum Gasteiger partial charge on any atom is 0.418 e. The van der Waals surface area contributed by atoms with Crippen LogP contribution in [0.1, 0.15) is 44.2 Å². The highest BCUT2D eigenvalue weighted by Gasteiger charge is 2.36. The van der Waals surface area contributed by atoms with Gasteiger partial charge < -0.3 is 20.3 Å². The fourth-order valence-corrected chi connectivity index (χ4v) is 4.11. The second kappa shape index (κ2) is 9.24. The van der Waals surface area contributed by atoms with Gasteiger partial charge in [0.2, 0.25) is 5.91 Å². The first-order valence-corrected chi connectivity index (χ1v) is 11.3. The summed E-state index contributed by atoms with van der Waals surface area (Å²) in [5.41, 5.74) is -0.116. The fourth-order valence-electron chi connectivity index (χ4n) is 4.11. The van der Waals surface area contributed by atoms with Crippen LogP contribution in [0.3, 0.4) is 0 Å². The molecule has 0 radical (unpaired) electrons. The molecule has 2 N–H and O–H groups in total. The van der Waals surface area contributed by atoms with Crippen LogP contribution in [0.5, 0.6) is 0 Å². The zero-order valence-corrected chi connectivity index (χ0v) is 19.6. The largest absolute Gasteiger partial charge is 0.444 e. The molecule has 4 rings (SSSR count). The molecule has 35 heavy (non-hydrogen) atoms. The molecule has 0 spiro atoms. The van der Waals surface area contributed by atoms with Gasteiger partial charge in [0, 0.05) is 36.7 Å². The van der Waals surface area contributed by atoms with Gasteiger partial charge >= 0.3 is 12.3 Å². The Hall–Kier alpha value is -3.56. The predicted molar refractivity (Wildman–Crippen MR) is 127 cm³/mol. The number of anilines is 2. The van der Waals surface area contributed by atoms with E-state index in [1.165, 1.54) is 23.2 Å². The lowest BCUT2D eigenvalue weighted by molar-refractivity contribution is -0.137. The summed E-state index contributed by atoms with van der Waals surface area (Å²) in [6, 6.07) is 10.5. The average molecular weight is 489 g/mol. The molecule has 2 unspecified atom stereocenters. The number of fused-ring (bicyclic) bond motifs is 1. The van der Waals surface area contributed by atoms with Gasteiger partial charge in [-0.3, -0.25) is 9.79 Å². The third-order valence-electron chi connectivity index (χ3n) is 5.72. The van der Waals surface area contributed by atoms with Gasteiger partial charge in [-0.05, 0) is 57.0 Å². The van der Waals surface area contributed by atoms with Gasteiger partial charge in [-0.2, -0.15) is 13.2 Å². The van der Waals surface area contributed by atoms with E-state index in [1.54, 1.807) is 45.0 Å². The minimum atomic E-state index is -4.62. The summed E-state index contributed by atoms with van der Waals surface area (Å²) < 4.78 is 46.9. The van der Waals surface area contributed by atoms with Crippen molar-refractivity contribution in [2.24, 2.45) is 4.99 Å². The molecule has 2 aromatic carbocycles. The summed E-state index contributed by atoms with van der Waals surface area (Å²) in [4.78, 5) is 30.2. The van der Waals surface area contributed by atoms with E-state index in [9.17, 15) is 22.8 Å². The number of benzene rings is 2. The number of hydrogen-bond acceptors (Lipinski definition) is 5. The quantitative estimate of drug-likeness (QED) is 0.552. The maximum absolute atomic E-state index is 13.9. The van der Waals surface area contributed by atoms with Crippen LogP contribution in [-0.2, 0) is 15.7 Å². The summed E-state index contributed by atoms with van der Waals surface area (Å²) in [6.45, 7) is 5.90. The fraction of sp³-hybridized carbons (Fsp3) is 0.400. The number of amides is 2. The van der Waals surface area contributed by atoms with Gasteiger partial charge in [0.05, 0.1) is 11.3 Å². The highest BCUT2D eigenvalue weighted by molar-refractivity contribution is 6.12. The molecule has 2 atom stereocenters. The van der Waals surface area contributed by atoms with Crippen molar-refractivity contribution in [1.29, 1.82) is 0 Å². The highest BCUT2D eigenvalue weighted by Crippen LogP contribution is 2.38. The Labute approximate surface area is 201 Å². The Morgan fingerprint density at radius 1 is 1.20 bits per heavy atom. The van der Waals surface area contributed by atoms with E-state index in [0.717, 1.165) is 11.6 Å². The molecule has 1 saturated heterocycles. The number of alkyl halides is 3. The van der Waals surface area contributed by atoms with Crippen LogP contribution in [0, 0.1) is 0 Å². The normalized spacial score (nSPS) is 20.2. The number of carbonyl (C=O) groups is 2. The number of para-hydroxylation sites is 1. The van der Waals surface area contributed by atoms with Crippen LogP contribution in [0.25, 0.3) is 0 Å². The summed E-state index contributed by atoms with van der Waals surface area (Å²) >= 11 is 0. The summed E-state index contributed by atoms with van der Waals surface area (Å²) in [5.74, 6) is -0.948. The van der Waals surface area contributed by atoms with Crippen molar-refractivity contribution in [3.8, 4) is 0 Å². The second-order valence-electron chi connectivity index (χ2n) is 9.62. The minimum Gasteiger partial charge on any atom is -0.444 e. The van der Waals surface area contributed by atoms with Gasteiger partial charge in [0.15, 0.2) is 0 Å². The van der Waals surface area contributed by atoms with E-state index in [4.69, 9.17) is 4.74 Å². The highest BCUT2D eigenvalue weighted by atomic mass is 19.4. The molecule has 186 valence electrons. The van der Waals surface area contributed by atoms with Crippen molar-refractivity contribution in [2.45, 2.75) is 50.9 Å². The van der Waals surface area contributed by atoms with Crippen molar-refractivity contribution in [1.82, 2.24) is 4.90 Å². The molecule has 1 fully saturated rings. The maximum atomic E-state index is 13.9. The number of nitrogens with one attached hydrogen (secondary N) is 2. The van der Waals surface area contributed by atoms with Gasteiger partial charge in [-0.25, -0.2) is 4.79 Å². The smallest absolute Gasteiger partial charge is 0.418 e. The van der Waals surface area contributed by atoms with Crippen LogP contribution in [-0.4, -0.2) is 47.8 Å². The third kappa shape index (κ3) is 5.75. The molecule has 0 aliphatic carbocycles. The number of rotatable bonds is 4. The Morgan fingerprint density at radius 2 is 1.94 bits per heavy atom. The molecule has 2 amide bonds. The van der Waals surface area contributed by atoms with E-state index in [1.807, 2.05) is 0 Å². The SMILES string of the molecule is CC(C)(C)OC(=O)N1CCC(Nc2ccc(N=CC3C(=O)Nc4ccccc43)cc2C(F)(F)F)C1. The first-order valence-electron chi connectivity index (χ1n) is 11.3. The second-order valence-corrected chi connectivity index (χ2v) is 9.62. The molecular formula is C25H27F3N4O3. The minimum absolute atomic E-state index is 0.0851. The van der Waals surface area contributed by atoms with Crippen LogP contribution < -0.4 is 10.6 Å². The Balaban J connectivity index is 1.49. The predicted octanol–water partition coefficient (Wildman–Crippen LogP) is 5.56. The molecule has 7 nitrogen and oxygen atoms in total. The van der Waals surface area contributed by atoms with E-state index in [0.29, 0.717) is 18.7 Å². The first-order chi connectivity index (χ1) is 16.4. The van der Waals surface area contributed by atoms with Crippen LogP contribution in [0.4, 0.5) is 35.0 Å². The number of nitrogens with zero attached hydrogens (tertiary/aromatic N) is 2. The average Bonchev–Trinajstić information content (AvgIpc) is 3.35. The summed E-state index contributed by atoms with van der Waals surface area (Å²) in [5, 5.41) is 5.66. The molecular weight excluding hydrogens is 461 g/mol. The van der Waals surface area contributed by atoms with E-state index in [2.05, 4.69) is 15.6 Å². The standard InChI is InChI=1S/C25H27F3N4O3/c1-24(2,3)35-23(34)32-11-10-16(14-32)30-21-9-8-15(12-19(21)25(26,27)28)29-13-18-17-6-4-5-7-20(17)31-22(18)33/h4-9,12-13,16,18,30H,10-11,14H2,1-3H3,(H,31,33). The van der Waals surface area contributed by atoms with E-state index < -0.39 is 29.4 Å². The van der Waals surface area contributed by atoms with Crippen molar-refractivity contribution < 1.29 is 27.5 Å². The van der Waals surface area contributed by atoms with Gasteiger partial charge in [-0.1, -0.05) is 18.2 Å².